The molecule has 1 aliphatic rings. The molecule has 1 amide bonds. The summed E-state index contributed by atoms with van der Waals surface area (Å²) in [6.45, 7) is 4.94. The van der Waals surface area contributed by atoms with Crippen molar-refractivity contribution in [2.75, 3.05) is 38.7 Å². The summed E-state index contributed by atoms with van der Waals surface area (Å²) in [5.74, 6) is 1.33. The Labute approximate surface area is 119 Å². The van der Waals surface area contributed by atoms with Crippen LogP contribution in [-0.2, 0) is 4.74 Å². The van der Waals surface area contributed by atoms with Crippen molar-refractivity contribution in [1.29, 1.82) is 0 Å². The normalized spacial score (nSPS) is 14.6. The van der Waals surface area contributed by atoms with E-state index >= 15 is 0 Å². The van der Waals surface area contributed by atoms with Gasteiger partial charge in [0.15, 0.2) is 0 Å². The molecule has 0 aromatic carbocycles. The van der Waals surface area contributed by atoms with Crippen LogP contribution in [0.15, 0.2) is 6.07 Å². The Bertz CT molecular complexity index is 458. The van der Waals surface area contributed by atoms with Gasteiger partial charge in [-0.25, -0.2) is 9.97 Å². The first-order valence-corrected chi connectivity index (χ1v) is 7.08. The number of likely N-dealkylation sites (tertiary alicyclic amines) is 1. The van der Waals surface area contributed by atoms with E-state index in [1.807, 2.05) is 4.90 Å². The van der Waals surface area contributed by atoms with E-state index in [-0.39, 0.29) is 5.91 Å². The largest absolute Gasteiger partial charge is 0.385 e. The van der Waals surface area contributed by atoms with E-state index in [0.29, 0.717) is 23.9 Å². The summed E-state index contributed by atoms with van der Waals surface area (Å²) in [6, 6.07) is 1.74. The van der Waals surface area contributed by atoms with Crippen molar-refractivity contribution >= 4 is 11.7 Å². The molecule has 1 saturated heterocycles. The number of anilines is 1. The molecule has 1 fully saturated rings. The van der Waals surface area contributed by atoms with Gasteiger partial charge in [-0.05, 0) is 26.2 Å². The summed E-state index contributed by atoms with van der Waals surface area (Å²) in [6.07, 6.45) is 3.06. The van der Waals surface area contributed by atoms with Crippen molar-refractivity contribution in [2.45, 2.75) is 26.2 Å². The van der Waals surface area contributed by atoms with Crippen molar-refractivity contribution in [3.8, 4) is 0 Å². The molecule has 0 unspecified atom stereocenters. The Morgan fingerprint density at radius 2 is 2.15 bits per heavy atom. The van der Waals surface area contributed by atoms with Gasteiger partial charge in [0, 0.05) is 39.4 Å². The average Bonchev–Trinajstić information content (AvgIpc) is 2.96. The van der Waals surface area contributed by atoms with E-state index in [9.17, 15) is 4.79 Å². The standard InChI is InChI=1S/C14H22N4O2/c1-11-16-12(14(19)18-7-3-4-8-18)10-13(17-11)15-6-5-9-20-2/h10H,3-9H2,1-2H3,(H,15,16,17). The lowest BCUT2D eigenvalue weighted by Crippen LogP contribution is -2.28. The Morgan fingerprint density at radius 1 is 1.40 bits per heavy atom. The van der Waals surface area contributed by atoms with Crippen molar-refractivity contribution < 1.29 is 9.53 Å². The summed E-state index contributed by atoms with van der Waals surface area (Å²) >= 11 is 0. The third-order valence-corrected chi connectivity index (χ3v) is 3.28. The Hall–Kier alpha value is -1.69. The monoisotopic (exact) mass is 278 g/mol. The molecule has 0 bridgehead atoms. The van der Waals surface area contributed by atoms with Crippen molar-refractivity contribution in [2.24, 2.45) is 0 Å². The van der Waals surface area contributed by atoms with Gasteiger partial charge in [-0.3, -0.25) is 4.79 Å². The first-order valence-electron chi connectivity index (χ1n) is 7.08. The zero-order valence-electron chi connectivity index (χ0n) is 12.2. The quantitative estimate of drug-likeness (QED) is 0.798. The smallest absolute Gasteiger partial charge is 0.272 e. The summed E-state index contributed by atoms with van der Waals surface area (Å²) in [5, 5.41) is 3.20. The molecule has 110 valence electrons. The average molecular weight is 278 g/mol. The third-order valence-electron chi connectivity index (χ3n) is 3.28. The number of methoxy groups -OCH3 is 1. The minimum absolute atomic E-state index is 0.00735. The number of aromatic nitrogens is 2. The molecule has 1 aromatic heterocycles. The molecule has 0 radical (unpaired) electrons. The molecule has 0 spiro atoms. The Morgan fingerprint density at radius 3 is 2.85 bits per heavy atom. The van der Waals surface area contributed by atoms with Crippen LogP contribution in [0.4, 0.5) is 5.82 Å². The SMILES string of the molecule is COCCCNc1cc(C(=O)N2CCCC2)nc(C)n1. The minimum atomic E-state index is 0.00735. The van der Waals surface area contributed by atoms with Crippen LogP contribution in [0.5, 0.6) is 0 Å². The van der Waals surface area contributed by atoms with Gasteiger partial charge in [-0.1, -0.05) is 0 Å². The van der Waals surface area contributed by atoms with E-state index in [1.165, 1.54) is 0 Å². The molecule has 0 aliphatic carbocycles. The topological polar surface area (TPSA) is 67.3 Å². The van der Waals surface area contributed by atoms with E-state index < -0.39 is 0 Å². The second kappa shape index (κ2) is 7.19. The van der Waals surface area contributed by atoms with Gasteiger partial charge >= 0.3 is 0 Å². The molecule has 2 rings (SSSR count). The van der Waals surface area contributed by atoms with Crippen molar-refractivity contribution in [3.05, 3.63) is 17.6 Å². The van der Waals surface area contributed by atoms with Crippen LogP contribution in [-0.4, -0.2) is 54.1 Å². The predicted molar refractivity (Wildman–Crippen MR) is 76.9 cm³/mol. The molecule has 20 heavy (non-hydrogen) atoms. The number of aryl methyl sites for hydroxylation is 1. The van der Waals surface area contributed by atoms with Gasteiger partial charge in [0.25, 0.3) is 5.91 Å². The van der Waals surface area contributed by atoms with Crippen LogP contribution in [0.1, 0.15) is 35.6 Å². The highest BCUT2D eigenvalue weighted by molar-refractivity contribution is 5.93. The van der Waals surface area contributed by atoms with Crippen LogP contribution in [0.3, 0.4) is 0 Å². The number of nitrogens with one attached hydrogen (secondary N) is 1. The summed E-state index contributed by atoms with van der Waals surface area (Å²) in [7, 11) is 1.68. The van der Waals surface area contributed by atoms with Gasteiger partial charge in [-0.15, -0.1) is 0 Å². The number of ether oxygens (including phenoxy) is 1. The second-order valence-corrected chi connectivity index (χ2v) is 4.96. The molecule has 6 heteroatoms. The molecular formula is C14H22N4O2. The van der Waals surface area contributed by atoms with Crippen LogP contribution >= 0.6 is 0 Å². The minimum Gasteiger partial charge on any atom is -0.385 e. The molecule has 1 aliphatic heterocycles. The van der Waals surface area contributed by atoms with Crippen molar-refractivity contribution in [1.82, 2.24) is 14.9 Å². The molecule has 1 aromatic rings. The lowest BCUT2D eigenvalue weighted by Gasteiger charge is -2.15. The fraction of sp³-hybridized carbons (Fsp3) is 0.643. The molecule has 1 N–H and O–H groups in total. The number of carbonyl (C=O) groups is 1. The number of nitrogens with zero attached hydrogens (tertiary/aromatic N) is 3. The van der Waals surface area contributed by atoms with Gasteiger partial charge in [0.2, 0.25) is 0 Å². The maximum atomic E-state index is 12.3. The first kappa shape index (κ1) is 14.7. The van der Waals surface area contributed by atoms with Gasteiger partial charge in [-0.2, -0.15) is 0 Å². The van der Waals surface area contributed by atoms with Crippen LogP contribution in [0, 0.1) is 6.92 Å². The number of rotatable bonds is 6. The third kappa shape index (κ3) is 3.90. The van der Waals surface area contributed by atoms with Crippen LogP contribution in [0.25, 0.3) is 0 Å². The van der Waals surface area contributed by atoms with Gasteiger partial charge < -0.3 is 15.0 Å². The number of carbonyl (C=O) groups excluding carboxylic acids is 1. The maximum absolute atomic E-state index is 12.3. The highest BCUT2D eigenvalue weighted by Gasteiger charge is 2.21. The lowest BCUT2D eigenvalue weighted by atomic mass is 10.3. The summed E-state index contributed by atoms with van der Waals surface area (Å²) in [4.78, 5) is 22.7. The van der Waals surface area contributed by atoms with Gasteiger partial charge in [0.05, 0.1) is 0 Å². The Kier molecular flexibility index (Phi) is 5.29. The highest BCUT2D eigenvalue weighted by atomic mass is 16.5. The van der Waals surface area contributed by atoms with Crippen LogP contribution in [0.2, 0.25) is 0 Å². The number of hydrogen-bond donors (Lipinski definition) is 1. The molecule has 0 saturated carbocycles. The first-order chi connectivity index (χ1) is 9.70. The van der Waals surface area contributed by atoms with E-state index in [1.54, 1.807) is 20.1 Å². The van der Waals surface area contributed by atoms with E-state index in [2.05, 4.69) is 15.3 Å². The fourth-order valence-corrected chi connectivity index (χ4v) is 2.28. The molecular weight excluding hydrogens is 256 g/mol. The summed E-state index contributed by atoms with van der Waals surface area (Å²) in [5.41, 5.74) is 0.480. The second-order valence-electron chi connectivity index (χ2n) is 4.96. The number of amides is 1. The zero-order valence-corrected chi connectivity index (χ0v) is 12.2. The summed E-state index contributed by atoms with van der Waals surface area (Å²) < 4.78 is 5.00. The van der Waals surface area contributed by atoms with E-state index in [4.69, 9.17) is 4.74 Å². The predicted octanol–water partition coefficient (Wildman–Crippen LogP) is 1.47. The highest BCUT2D eigenvalue weighted by Crippen LogP contribution is 2.14. The lowest BCUT2D eigenvalue weighted by molar-refractivity contribution is 0.0786. The molecule has 6 nitrogen and oxygen atoms in total. The molecule has 2 heterocycles. The maximum Gasteiger partial charge on any atom is 0.272 e. The van der Waals surface area contributed by atoms with Gasteiger partial charge in [0.1, 0.15) is 17.3 Å². The number of hydrogen-bond acceptors (Lipinski definition) is 5. The van der Waals surface area contributed by atoms with E-state index in [0.717, 1.165) is 38.9 Å². The van der Waals surface area contributed by atoms with Crippen molar-refractivity contribution in [3.63, 3.8) is 0 Å². The fourth-order valence-electron chi connectivity index (χ4n) is 2.28. The molecule has 0 atom stereocenters. The zero-order chi connectivity index (χ0) is 14.4. The van der Waals surface area contributed by atoms with Crippen LogP contribution < -0.4 is 5.32 Å². The Balaban J connectivity index is 2.01.